The minimum atomic E-state index is -0.686. The molecule has 0 aliphatic heterocycles. The topological polar surface area (TPSA) is 3.24 Å². The first kappa shape index (κ1) is 15.6. The lowest BCUT2D eigenvalue weighted by Crippen LogP contribution is -2.25. The summed E-state index contributed by atoms with van der Waals surface area (Å²) in [6.07, 6.45) is 13.6. The molecule has 3 atom stereocenters. The van der Waals surface area contributed by atoms with Crippen molar-refractivity contribution in [3.63, 3.8) is 0 Å². The summed E-state index contributed by atoms with van der Waals surface area (Å²) in [6.45, 7) is 6.69. The quantitative estimate of drug-likeness (QED) is 0.612. The molecule has 0 saturated carbocycles. The van der Waals surface area contributed by atoms with E-state index in [1.165, 1.54) is 31.4 Å². The van der Waals surface area contributed by atoms with Gasteiger partial charge in [-0.2, -0.15) is 0 Å². The van der Waals surface area contributed by atoms with Gasteiger partial charge < -0.3 is 4.90 Å². The number of allylic oxidation sites excluding steroid dienone is 4. The lowest BCUT2D eigenvalue weighted by Gasteiger charge is -2.31. The number of alkyl halides is 1. The van der Waals surface area contributed by atoms with Gasteiger partial charge in [-0.05, 0) is 70.6 Å². The number of nitrogens with zero attached hydrogens (tertiary/aromatic N) is 1. The molecule has 2 rings (SSSR count). The van der Waals surface area contributed by atoms with E-state index in [0.29, 0.717) is 0 Å². The Morgan fingerprint density at radius 3 is 2.60 bits per heavy atom. The van der Waals surface area contributed by atoms with Crippen LogP contribution in [0.2, 0.25) is 0 Å². The second kappa shape index (κ2) is 7.85. The van der Waals surface area contributed by atoms with Gasteiger partial charge in [0.15, 0.2) is 0 Å². The van der Waals surface area contributed by atoms with Crippen LogP contribution in [0, 0.1) is 11.8 Å². The zero-order valence-corrected chi connectivity index (χ0v) is 13.2. The van der Waals surface area contributed by atoms with Crippen LogP contribution in [0.5, 0.6) is 0 Å². The Morgan fingerprint density at radius 2 is 2.00 bits per heavy atom. The molecule has 0 heterocycles. The van der Waals surface area contributed by atoms with E-state index in [9.17, 15) is 4.39 Å². The number of hydrogen-bond acceptors (Lipinski definition) is 1. The SMILES string of the molecule is CCN(CC)C1=CCC(CCC2CCC=CC2F)CC1. The zero-order chi connectivity index (χ0) is 14.4. The van der Waals surface area contributed by atoms with E-state index >= 15 is 0 Å². The maximum atomic E-state index is 13.8. The van der Waals surface area contributed by atoms with Crippen LogP contribution in [0.4, 0.5) is 4.39 Å². The molecule has 0 fully saturated rings. The van der Waals surface area contributed by atoms with Crippen LogP contribution in [0.3, 0.4) is 0 Å². The summed E-state index contributed by atoms with van der Waals surface area (Å²) >= 11 is 0. The van der Waals surface area contributed by atoms with Gasteiger partial charge in [0, 0.05) is 18.8 Å². The summed E-state index contributed by atoms with van der Waals surface area (Å²) in [4.78, 5) is 2.47. The Bertz CT molecular complexity index is 343. The largest absolute Gasteiger partial charge is 0.376 e. The molecule has 0 aromatic heterocycles. The summed E-state index contributed by atoms with van der Waals surface area (Å²) < 4.78 is 13.8. The van der Waals surface area contributed by atoms with E-state index in [1.807, 2.05) is 6.08 Å². The second-order valence-electron chi connectivity index (χ2n) is 6.30. The maximum Gasteiger partial charge on any atom is 0.121 e. The van der Waals surface area contributed by atoms with E-state index in [0.717, 1.165) is 38.3 Å². The number of halogens is 1. The van der Waals surface area contributed by atoms with E-state index in [4.69, 9.17) is 0 Å². The van der Waals surface area contributed by atoms with Crippen LogP contribution in [0.25, 0.3) is 0 Å². The summed E-state index contributed by atoms with van der Waals surface area (Å²) in [7, 11) is 0. The van der Waals surface area contributed by atoms with Crippen LogP contribution in [0.1, 0.15) is 58.8 Å². The minimum Gasteiger partial charge on any atom is -0.376 e. The third-order valence-corrected chi connectivity index (χ3v) is 5.09. The lowest BCUT2D eigenvalue weighted by molar-refractivity contribution is 0.225. The molecule has 0 radical (unpaired) electrons. The van der Waals surface area contributed by atoms with Crippen molar-refractivity contribution in [3.8, 4) is 0 Å². The van der Waals surface area contributed by atoms with E-state index in [-0.39, 0.29) is 5.92 Å². The molecule has 0 aromatic carbocycles. The van der Waals surface area contributed by atoms with Gasteiger partial charge in [-0.1, -0.05) is 18.2 Å². The Labute approximate surface area is 123 Å². The fourth-order valence-corrected chi connectivity index (χ4v) is 3.66. The molecular formula is C18H30FN. The van der Waals surface area contributed by atoms with Crippen LogP contribution in [0.15, 0.2) is 23.9 Å². The van der Waals surface area contributed by atoms with Crippen molar-refractivity contribution >= 4 is 0 Å². The van der Waals surface area contributed by atoms with Gasteiger partial charge in [0.1, 0.15) is 6.17 Å². The van der Waals surface area contributed by atoms with E-state index in [2.05, 4.69) is 24.8 Å². The molecule has 2 aliphatic carbocycles. The smallest absolute Gasteiger partial charge is 0.121 e. The fraction of sp³-hybridized carbons (Fsp3) is 0.778. The first-order valence-electron chi connectivity index (χ1n) is 8.49. The minimum absolute atomic E-state index is 0.285. The summed E-state index contributed by atoms with van der Waals surface area (Å²) in [5.41, 5.74) is 1.54. The van der Waals surface area contributed by atoms with Crippen molar-refractivity contribution in [1.29, 1.82) is 0 Å². The highest BCUT2D eigenvalue weighted by molar-refractivity contribution is 5.06. The molecule has 0 bridgehead atoms. The van der Waals surface area contributed by atoms with Gasteiger partial charge in [-0.25, -0.2) is 4.39 Å². The maximum absolute atomic E-state index is 13.8. The number of hydrogen-bond donors (Lipinski definition) is 0. The van der Waals surface area contributed by atoms with Crippen LogP contribution < -0.4 is 0 Å². The van der Waals surface area contributed by atoms with Gasteiger partial charge in [-0.3, -0.25) is 0 Å². The molecule has 2 aliphatic rings. The highest BCUT2D eigenvalue weighted by Crippen LogP contribution is 2.33. The van der Waals surface area contributed by atoms with Crippen molar-refractivity contribution in [2.45, 2.75) is 65.0 Å². The first-order valence-corrected chi connectivity index (χ1v) is 8.49. The van der Waals surface area contributed by atoms with Crippen molar-refractivity contribution in [2.24, 2.45) is 11.8 Å². The van der Waals surface area contributed by atoms with Crippen LogP contribution in [-0.2, 0) is 0 Å². The Kier molecular flexibility index (Phi) is 6.12. The Morgan fingerprint density at radius 1 is 1.20 bits per heavy atom. The van der Waals surface area contributed by atoms with Crippen molar-refractivity contribution in [2.75, 3.05) is 13.1 Å². The highest BCUT2D eigenvalue weighted by Gasteiger charge is 2.23. The predicted octanol–water partition coefficient (Wildman–Crippen LogP) is 5.10. The van der Waals surface area contributed by atoms with Crippen LogP contribution >= 0.6 is 0 Å². The molecule has 0 aromatic rings. The molecule has 20 heavy (non-hydrogen) atoms. The van der Waals surface area contributed by atoms with Gasteiger partial charge in [0.2, 0.25) is 0 Å². The van der Waals surface area contributed by atoms with Crippen molar-refractivity contribution in [3.05, 3.63) is 23.9 Å². The zero-order valence-electron chi connectivity index (χ0n) is 13.2. The first-order chi connectivity index (χ1) is 9.74. The van der Waals surface area contributed by atoms with Crippen molar-refractivity contribution < 1.29 is 4.39 Å². The van der Waals surface area contributed by atoms with E-state index < -0.39 is 6.17 Å². The van der Waals surface area contributed by atoms with Gasteiger partial charge in [0.05, 0.1) is 0 Å². The van der Waals surface area contributed by atoms with Gasteiger partial charge >= 0.3 is 0 Å². The van der Waals surface area contributed by atoms with Gasteiger partial charge in [0.25, 0.3) is 0 Å². The van der Waals surface area contributed by atoms with E-state index in [1.54, 1.807) is 6.08 Å². The Balaban J connectivity index is 1.75. The molecule has 0 amide bonds. The summed E-state index contributed by atoms with van der Waals surface area (Å²) in [6, 6.07) is 0. The lowest BCUT2D eigenvalue weighted by atomic mass is 9.82. The van der Waals surface area contributed by atoms with Crippen molar-refractivity contribution in [1.82, 2.24) is 4.90 Å². The van der Waals surface area contributed by atoms with Gasteiger partial charge in [-0.15, -0.1) is 0 Å². The van der Waals surface area contributed by atoms with Crippen LogP contribution in [-0.4, -0.2) is 24.2 Å². The highest BCUT2D eigenvalue weighted by atomic mass is 19.1. The number of rotatable bonds is 6. The third-order valence-electron chi connectivity index (χ3n) is 5.09. The molecule has 114 valence electrons. The third kappa shape index (κ3) is 4.10. The second-order valence-corrected chi connectivity index (χ2v) is 6.30. The molecule has 0 saturated heterocycles. The molecule has 0 N–H and O–H groups in total. The molecule has 0 spiro atoms. The average molecular weight is 279 g/mol. The predicted molar refractivity (Wildman–Crippen MR) is 84.3 cm³/mol. The molecule has 3 unspecified atom stereocenters. The average Bonchev–Trinajstić information content (AvgIpc) is 2.49. The normalized spacial score (nSPS) is 30.1. The molecule has 1 nitrogen and oxygen atoms in total. The molecule has 2 heteroatoms. The summed E-state index contributed by atoms with van der Waals surface area (Å²) in [5, 5.41) is 0. The molecular weight excluding hydrogens is 249 g/mol. The summed E-state index contributed by atoms with van der Waals surface area (Å²) in [5.74, 6) is 1.07. The standard InChI is InChI=1S/C18H30FN/c1-3-20(4-2)17-13-10-15(11-14-17)9-12-16-7-5-6-8-18(16)19/h6,8,13,15-16,18H,3-5,7,9-12,14H2,1-2H3. The monoisotopic (exact) mass is 279 g/mol. The fourth-order valence-electron chi connectivity index (χ4n) is 3.66. The Hall–Kier alpha value is -0.790.